The van der Waals surface area contributed by atoms with Gasteiger partial charge in [-0.3, -0.25) is 14.8 Å². The number of carbonyl (C=O) groups excluding carboxylic acids is 1. The summed E-state index contributed by atoms with van der Waals surface area (Å²) in [6.45, 7) is 12.9. The molecule has 2 heterocycles. The SMILES string of the molecule is C=CC(=O)NC1CC2=C(C(/C=C\C)=NC)CN=C(C(=C)S/C=C\C)N2C1. The van der Waals surface area contributed by atoms with Crippen LogP contribution >= 0.6 is 11.8 Å². The molecule has 2 aliphatic heterocycles. The molecule has 0 aromatic heterocycles. The van der Waals surface area contributed by atoms with Crippen molar-refractivity contribution in [2.45, 2.75) is 26.3 Å². The van der Waals surface area contributed by atoms with Gasteiger partial charge in [-0.1, -0.05) is 37.1 Å². The van der Waals surface area contributed by atoms with Gasteiger partial charge in [0.05, 0.1) is 18.3 Å². The van der Waals surface area contributed by atoms with Crippen LogP contribution < -0.4 is 5.32 Å². The normalized spacial score (nSPS) is 20.6. The number of fused-ring (bicyclic) bond motifs is 1. The second-order valence-electron chi connectivity index (χ2n) is 5.91. The molecule has 0 bridgehead atoms. The highest BCUT2D eigenvalue weighted by Crippen LogP contribution is 2.33. The van der Waals surface area contributed by atoms with Gasteiger partial charge in [0.1, 0.15) is 5.84 Å². The highest BCUT2D eigenvalue weighted by atomic mass is 32.2. The van der Waals surface area contributed by atoms with E-state index >= 15 is 0 Å². The molecule has 5 nitrogen and oxygen atoms in total. The highest BCUT2D eigenvalue weighted by molar-refractivity contribution is 8.06. The Labute approximate surface area is 160 Å². The van der Waals surface area contributed by atoms with Crippen molar-refractivity contribution >= 4 is 29.2 Å². The van der Waals surface area contributed by atoms with Crippen molar-refractivity contribution in [2.75, 3.05) is 20.1 Å². The fourth-order valence-electron chi connectivity index (χ4n) is 3.06. The molecule has 0 aromatic carbocycles. The number of aliphatic imine (C=N–C) groups is 2. The molecule has 0 radical (unpaired) electrons. The van der Waals surface area contributed by atoms with Crippen molar-refractivity contribution in [1.29, 1.82) is 0 Å². The van der Waals surface area contributed by atoms with Crippen LogP contribution in [0.1, 0.15) is 20.3 Å². The summed E-state index contributed by atoms with van der Waals surface area (Å²) in [5, 5.41) is 5.00. The van der Waals surface area contributed by atoms with Gasteiger partial charge in [-0.05, 0) is 31.4 Å². The number of thioether (sulfide) groups is 1. The third kappa shape index (κ3) is 4.43. The molecule has 6 heteroatoms. The zero-order chi connectivity index (χ0) is 19.1. The lowest BCUT2D eigenvalue weighted by Crippen LogP contribution is -2.38. The van der Waals surface area contributed by atoms with Gasteiger partial charge in [0.15, 0.2) is 0 Å². The van der Waals surface area contributed by atoms with Gasteiger partial charge in [0.25, 0.3) is 0 Å². The van der Waals surface area contributed by atoms with Crippen LogP contribution in [0.5, 0.6) is 0 Å². The van der Waals surface area contributed by atoms with Crippen molar-refractivity contribution in [1.82, 2.24) is 10.2 Å². The number of allylic oxidation sites excluding steroid dienone is 3. The molecule has 2 rings (SSSR count). The topological polar surface area (TPSA) is 57.1 Å². The Morgan fingerprint density at radius 3 is 2.81 bits per heavy atom. The largest absolute Gasteiger partial charge is 0.348 e. The van der Waals surface area contributed by atoms with Gasteiger partial charge >= 0.3 is 0 Å². The van der Waals surface area contributed by atoms with Crippen LogP contribution in [0, 0.1) is 0 Å². The monoisotopic (exact) mass is 370 g/mol. The van der Waals surface area contributed by atoms with Crippen LogP contribution in [-0.2, 0) is 4.79 Å². The highest BCUT2D eigenvalue weighted by Gasteiger charge is 2.36. The molecule has 1 N–H and O–H groups in total. The van der Waals surface area contributed by atoms with Crippen molar-refractivity contribution in [2.24, 2.45) is 9.98 Å². The van der Waals surface area contributed by atoms with E-state index in [4.69, 9.17) is 4.99 Å². The van der Waals surface area contributed by atoms with Crippen LogP contribution in [0.15, 0.2) is 69.0 Å². The molecule has 26 heavy (non-hydrogen) atoms. The first-order valence-corrected chi connectivity index (χ1v) is 9.47. The lowest BCUT2D eigenvalue weighted by atomic mass is 10.0. The van der Waals surface area contributed by atoms with Gasteiger partial charge < -0.3 is 10.2 Å². The number of hydrogen-bond acceptors (Lipinski definition) is 5. The van der Waals surface area contributed by atoms with Gasteiger partial charge in [0, 0.05) is 36.2 Å². The zero-order valence-electron chi connectivity index (χ0n) is 15.7. The maximum absolute atomic E-state index is 11.7. The average Bonchev–Trinajstić information content (AvgIpc) is 3.06. The van der Waals surface area contributed by atoms with Crippen LogP contribution in [-0.4, -0.2) is 48.5 Å². The number of carbonyl (C=O) groups is 1. The molecular weight excluding hydrogens is 344 g/mol. The van der Waals surface area contributed by atoms with E-state index in [0.717, 1.165) is 34.1 Å². The fraction of sp³-hybridized carbons (Fsp3) is 0.350. The Morgan fingerprint density at radius 1 is 1.42 bits per heavy atom. The summed E-state index contributed by atoms with van der Waals surface area (Å²) in [5.74, 6) is 0.716. The van der Waals surface area contributed by atoms with Crippen LogP contribution in [0.2, 0.25) is 0 Å². The summed E-state index contributed by atoms with van der Waals surface area (Å²) in [6.07, 6.45) is 8.01. The van der Waals surface area contributed by atoms with Crippen LogP contribution in [0.3, 0.4) is 0 Å². The smallest absolute Gasteiger partial charge is 0.243 e. The molecule has 1 atom stereocenters. The Hall–Kier alpha value is -2.34. The first-order valence-electron chi connectivity index (χ1n) is 8.59. The number of hydrogen-bond donors (Lipinski definition) is 1. The Balaban J connectivity index is 2.36. The van der Waals surface area contributed by atoms with E-state index in [-0.39, 0.29) is 11.9 Å². The second kappa shape index (κ2) is 9.38. The first kappa shape index (κ1) is 20.0. The fourth-order valence-corrected chi connectivity index (χ4v) is 3.65. The van der Waals surface area contributed by atoms with E-state index in [2.05, 4.69) is 28.4 Å². The Kier molecular flexibility index (Phi) is 7.21. The predicted octanol–water partition coefficient (Wildman–Crippen LogP) is 3.46. The quantitative estimate of drug-likeness (QED) is 0.551. The van der Waals surface area contributed by atoms with E-state index in [9.17, 15) is 4.79 Å². The molecule has 0 aliphatic carbocycles. The minimum absolute atomic E-state index is 0.0111. The first-order chi connectivity index (χ1) is 12.5. The number of nitrogens with one attached hydrogen (secondary N) is 1. The molecule has 1 amide bonds. The molecule has 2 aliphatic rings. The summed E-state index contributed by atoms with van der Waals surface area (Å²) in [6, 6.07) is 0.0111. The minimum Gasteiger partial charge on any atom is -0.348 e. The number of amidine groups is 1. The number of nitrogens with zero attached hydrogens (tertiary/aromatic N) is 3. The van der Waals surface area contributed by atoms with E-state index in [1.165, 1.54) is 6.08 Å². The number of rotatable bonds is 7. The lowest BCUT2D eigenvalue weighted by molar-refractivity contribution is -0.117. The number of amides is 1. The average molecular weight is 371 g/mol. The molecular formula is C20H26N4OS. The third-order valence-corrected chi connectivity index (χ3v) is 5.04. The third-order valence-electron chi connectivity index (χ3n) is 4.16. The zero-order valence-corrected chi connectivity index (χ0v) is 16.5. The van der Waals surface area contributed by atoms with Gasteiger partial charge in [-0.15, -0.1) is 0 Å². The maximum Gasteiger partial charge on any atom is 0.243 e. The van der Waals surface area contributed by atoms with E-state index in [0.29, 0.717) is 13.1 Å². The van der Waals surface area contributed by atoms with Crippen molar-refractivity contribution in [3.63, 3.8) is 0 Å². The van der Waals surface area contributed by atoms with E-state index < -0.39 is 0 Å². The molecule has 0 saturated carbocycles. The molecule has 0 aromatic rings. The van der Waals surface area contributed by atoms with Crippen LogP contribution in [0.4, 0.5) is 0 Å². The summed E-state index contributed by atoms with van der Waals surface area (Å²) in [5.41, 5.74) is 3.19. The molecule has 138 valence electrons. The van der Waals surface area contributed by atoms with Gasteiger partial charge in [-0.25, -0.2) is 0 Å². The van der Waals surface area contributed by atoms with E-state index in [1.54, 1.807) is 18.8 Å². The summed E-state index contributed by atoms with van der Waals surface area (Å²) in [7, 11) is 1.79. The molecule has 1 unspecified atom stereocenters. The van der Waals surface area contributed by atoms with Crippen molar-refractivity contribution < 1.29 is 4.79 Å². The second-order valence-corrected chi connectivity index (χ2v) is 6.91. The van der Waals surface area contributed by atoms with Gasteiger partial charge in [0.2, 0.25) is 5.91 Å². The minimum atomic E-state index is -0.157. The Bertz CT molecular complexity index is 743. The Morgan fingerprint density at radius 2 is 2.19 bits per heavy atom. The molecule has 1 fully saturated rings. The van der Waals surface area contributed by atoms with Crippen LogP contribution in [0.25, 0.3) is 0 Å². The summed E-state index contributed by atoms with van der Waals surface area (Å²) < 4.78 is 0. The van der Waals surface area contributed by atoms with Crippen molar-refractivity contribution in [3.05, 3.63) is 59.0 Å². The van der Waals surface area contributed by atoms with Crippen molar-refractivity contribution in [3.8, 4) is 0 Å². The predicted molar refractivity (Wildman–Crippen MR) is 112 cm³/mol. The molecule has 1 saturated heterocycles. The summed E-state index contributed by atoms with van der Waals surface area (Å²) >= 11 is 1.56. The van der Waals surface area contributed by atoms with E-state index in [1.807, 2.05) is 37.5 Å². The summed E-state index contributed by atoms with van der Waals surface area (Å²) in [4.78, 5) is 24.0. The standard InChI is InChI=1S/C20H26N4OS/c1-6-9-17(21-5)16-12-22-20(14(4)26-10-7-2)24-13-15(11-18(16)24)23-19(25)8-3/h6-10,15H,3-4,11-13H2,1-2,5H3,(H,23,25)/b9-6-,10-7-,21-17?. The lowest BCUT2D eigenvalue weighted by Gasteiger charge is -2.29. The van der Waals surface area contributed by atoms with Gasteiger partial charge in [-0.2, -0.15) is 0 Å². The molecule has 0 spiro atoms. The maximum atomic E-state index is 11.7.